The van der Waals surface area contributed by atoms with Crippen LogP contribution in [0.3, 0.4) is 0 Å². The maximum Gasteiger partial charge on any atom is 0.323 e. The average molecular weight is 479 g/mol. The second-order valence-corrected chi connectivity index (χ2v) is 8.04. The summed E-state index contributed by atoms with van der Waals surface area (Å²) in [6.07, 6.45) is 2.14. The molecule has 4 rings (SSSR count). The first kappa shape index (κ1) is 23.9. The Hall–Kier alpha value is -4.27. The first-order valence-corrected chi connectivity index (χ1v) is 11.2. The number of urea groups is 1. The van der Waals surface area contributed by atoms with Crippen LogP contribution in [0.25, 0.3) is 0 Å². The summed E-state index contributed by atoms with van der Waals surface area (Å²) in [5.74, 6) is 0.260. The molecule has 1 fully saturated rings. The van der Waals surface area contributed by atoms with E-state index in [1.54, 1.807) is 37.4 Å². The molecule has 0 aliphatic carbocycles. The molecular formula is C26H27FN4O4. The number of amides is 3. The van der Waals surface area contributed by atoms with Gasteiger partial charge in [-0.05, 0) is 67.4 Å². The minimum atomic E-state index is -0.445. The molecule has 1 aliphatic heterocycles. The third-order valence-corrected chi connectivity index (χ3v) is 5.70. The molecule has 3 amide bonds. The molecule has 1 saturated heterocycles. The fourth-order valence-corrected chi connectivity index (χ4v) is 3.95. The number of nitrogens with one attached hydrogen (secondary N) is 3. The van der Waals surface area contributed by atoms with Crippen molar-refractivity contribution in [2.45, 2.75) is 12.8 Å². The molecule has 9 heteroatoms. The van der Waals surface area contributed by atoms with Gasteiger partial charge in [-0.15, -0.1) is 0 Å². The highest BCUT2D eigenvalue weighted by atomic mass is 19.1. The summed E-state index contributed by atoms with van der Waals surface area (Å²) in [4.78, 5) is 27.6. The third-order valence-electron chi connectivity index (χ3n) is 5.70. The molecule has 0 radical (unpaired) electrons. The van der Waals surface area contributed by atoms with Crippen molar-refractivity contribution >= 4 is 34.7 Å². The van der Waals surface area contributed by atoms with Crippen LogP contribution in [0.2, 0.25) is 0 Å². The number of ether oxygens (including phenoxy) is 2. The molecular weight excluding hydrogens is 451 g/mol. The molecule has 0 unspecified atom stereocenters. The van der Waals surface area contributed by atoms with Gasteiger partial charge in [-0.25, -0.2) is 9.18 Å². The van der Waals surface area contributed by atoms with E-state index < -0.39 is 11.8 Å². The Labute approximate surface area is 203 Å². The third kappa shape index (κ3) is 5.81. The molecule has 0 atom stereocenters. The standard InChI is InChI=1S/C26H27FN4O4/c1-34-23-12-10-20(16-24(23)35-2)29-26(33)30-21-15-19(9-11-22(21)31-13-3-4-14-31)28-25(32)17-5-7-18(27)8-6-17/h5-12,15-16H,3-4,13-14H2,1-2H3,(H,28,32)(H2,29,30,33). The van der Waals surface area contributed by atoms with Crippen molar-refractivity contribution < 1.29 is 23.5 Å². The van der Waals surface area contributed by atoms with E-state index in [2.05, 4.69) is 20.9 Å². The van der Waals surface area contributed by atoms with Crippen LogP contribution in [0.15, 0.2) is 60.7 Å². The molecule has 35 heavy (non-hydrogen) atoms. The topological polar surface area (TPSA) is 91.9 Å². The van der Waals surface area contributed by atoms with Gasteiger partial charge in [0.25, 0.3) is 5.91 Å². The number of methoxy groups -OCH3 is 2. The monoisotopic (exact) mass is 478 g/mol. The van der Waals surface area contributed by atoms with Crippen molar-refractivity contribution in [3.05, 3.63) is 72.0 Å². The Morgan fingerprint density at radius 2 is 1.46 bits per heavy atom. The quantitative estimate of drug-likeness (QED) is 0.426. The van der Waals surface area contributed by atoms with Gasteiger partial charge in [0, 0.05) is 36.1 Å². The van der Waals surface area contributed by atoms with Crippen molar-refractivity contribution in [1.82, 2.24) is 0 Å². The number of hydrogen-bond donors (Lipinski definition) is 3. The van der Waals surface area contributed by atoms with Crippen LogP contribution in [-0.2, 0) is 0 Å². The van der Waals surface area contributed by atoms with Gasteiger partial charge < -0.3 is 30.3 Å². The zero-order valence-electron chi connectivity index (χ0n) is 19.6. The fraction of sp³-hybridized carbons (Fsp3) is 0.231. The first-order chi connectivity index (χ1) is 17.0. The number of rotatable bonds is 7. The smallest absolute Gasteiger partial charge is 0.323 e. The molecule has 3 aromatic carbocycles. The van der Waals surface area contributed by atoms with Gasteiger partial charge in [0.05, 0.1) is 25.6 Å². The lowest BCUT2D eigenvalue weighted by Crippen LogP contribution is -2.24. The second kappa shape index (κ2) is 10.8. The van der Waals surface area contributed by atoms with Crippen molar-refractivity contribution in [2.75, 3.05) is 48.2 Å². The normalized spacial score (nSPS) is 12.7. The van der Waals surface area contributed by atoms with E-state index in [0.717, 1.165) is 31.6 Å². The molecule has 0 aromatic heterocycles. The summed E-state index contributed by atoms with van der Waals surface area (Å²) in [6, 6.07) is 15.3. The molecule has 3 aromatic rings. The fourth-order valence-electron chi connectivity index (χ4n) is 3.95. The van der Waals surface area contributed by atoms with Gasteiger partial charge in [-0.2, -0.15) is 0 Å². The molecule has 0 saturated carbocycles. The Balaban J connectivity index is 1.53. The SMILES string of the molecule is COc1ccc(NC(=O)Nc2cc(NC(=O)c3ccc(F)cc3)ccc2N2CCCC2)cc1OC. The summed E-state index contributed by atoms with van der Waals surface area (Å²) < 4.78 is 23.7. The summed E-state index contributed by atoms with van der Waals surface area (Å²) >= 11 is 0. The van der Waals surface area contributed by atoms with E-state index in [-0.39, 0.29) is 5.91 Å². The largest absolute Gasteiger partial charge is 0.493 e. The summed E-state index contributed by atoms with van der Waals surface area (Å²) in [5.41, 5.74) is 2.79. The maximum atomic E-state index is 13.2. The lowest BCUT2D eigenvalue weighted by molar-refractivity contribution is 0.102. The Kier molecular flexibility index (Phi) is 7.35. The predicted molar refractivity (Wildman–Crippen MR) is 134 cm³/mol. The summed E-state index contributed by atoms with van der Waals surface area (Å²) in [5, 5.41) is 8.50. The maximum absolute atomic E-state index is 13.2. The van der Waals surface area contributed by atoms with Crippen molar-refractivity contribution in [3.63, 3.8) is 0 Å². The van der Waals surface area contributed by atoms with Gasteiger partial charge in [0.2, 0.25) is 0 Å². The molecule has 1 aliphatic rings. The van der Waals surface area contributed by atoms with Crippen LogP contribution in [0.1, 0.15) is 23.2 Å². The van der Waals surface area contributed by atoms with Crippen LogP contribution in [0.4, 0.5) is 31.9 Å². The van der Waals surface area contributed by atoms with Crippen molar-refractivity contribution in [2.24, 2.45) is 0 Å². The lowest BCUT2D eigenvalue weighted by Gasteiger charge is -2.22. The minimum absolute atomic E-state index is 0.329. The van der Waals surface area contributed by atoms with Gasteiger partial charge in [-0.1, -0.05) is 0 Å². The lowest BCUT2D eigenvalue weighted by atomic mass is 10.2. The molecule has 3 N–H and O–H groups in total. The van der Waals surface area contributed by atoms with Gasteiger partial charge >= 0.3 is 6.03 Å². The highest BCUT2D eigenvalue weighted by molar-refractivity contribution is 6.06. The zero-order chi connectivity index (χ0) is 24.8. The first-order valence-electron chi connectivity index (χ1n) is 11.2. The van der Waals surface area contributed by atoms with E-state index in [4.69, 9.17) is 9.47 Å². The number of halogens is 1. The zero-order valence-corrected chi connectivity index (χ0v) is 19.6. The molecule has 0 bridgehead atoms. The number of nitrogens with zero attached hydrogens (tertiary/aromatic N) is 1. The average Bonchev–Trinajstić information content (AvgIpc) is 3.39. The number of hydrogen-bond acceptors (Lipinski definition) is 5. The number of carbonyl (C=O) groups excluding carboxylic acids is 2. The van der Waals surface area contributed by atoms with E-state index in [1.165, 1.54) is 31.4 Å². The van der Waals surface area contributed by atoms with E-state index in [9.17, 15) is 14.0 Å². The Morgan fingerprint density at radius 3 is 2.14 bits per heavy atom. The van der Waals surface area contributed by atoms with E-state index in [1.807, 2.05) is 6.07 Å². The van der Waals surface area contributed by atoms with E-state index in [0.29, 0.717) is 34.1 Å². The van der Waals surface area contributed by atoms with Crippen molar-refractivity contribution in [3.8, 4) is 11.5 Å². The molecule has 8 nitrogen and oxygen atoms in total. The minimum Gasteiger partial charge on any atom is -0.493 e. The van der Waals surface area contributed by atoms with Gasteiger partial charge in [0.1, 0.15) is 5.82 Å². The van der Waals surface area contributed by atoms with E-state index >= 15 is 0 Å². The van der Waals surface area contributed by atoms with Gasteiger partial charge in [0.15, 0.2) is 11.5 Å². The summed E-state index contributed by atoms with van der Waals surface area (Å²) in [6.45, 7) is 1.76. The number of benzene rings is 3. The van der Waals surface area contributed by atoms with Crippen LogP contribution in [-0.4, -0.2) is 39.2 Å². The number of anilines is 4. The Morgan fingerprint density at radius 1 is 0.800 bits per heavy atom. The predicted octanol–water partition coefficient (Wildman–Crippen LogP) is 5.34. The second-order valence-electron chi connectivity index (χ2n) is 8.04. The van der Waals surface area contributed by atoms with Crippen LogP contribution < -0.4 is 30.3 Å². The van der Waals surface area contributed by atoms with Crippen LogP contribution in [0, 0.1) is 5.82 Å². The van der Waals surface area contributed by atoms with Crippen LogP contribution in [0.5, 0.6) is 11.5 Å². The Bertz CT molecular complexity index is 1210. The van der Waals surface area contributed by atoms with Crippen molar-refractivity contribution in [1.29, 1.82) is 0 Å². The molecule has 1 heterocycles. The van der Waals surface area contributed by atoms with Gasteiger partial charge in [-0.3, -0.25) is 4.79 Å². The highest BCUT2D eigenvalue weighted by Gasteiger charge is 2.19. The number of carbonyl (C=O) groups is 2. The molecule has 0 spiro atoms. The molecule has 182 valence electrons. The summed E-state index contributed by atoms with van der Waals surface area (Å²) in [7, 11) is 3.06. The van der Waals surface area contributed by atoms with Crippen LogP contribution >= 0.6 is 0 Å². The highest BCUT2D eigenvalue weighted by Crippen LogP contribution is 2.33.